The van der Waals surface area contributed by atoms with E-state index in [0.29, 0.717) is 0 Å². The van der Waals surface area contributed by atoms with Crippen molar-refractivity contribution in [3.05, 3.63) is 24.3 Å². The molecule has 0 aromatic rings. The zero-order valence-corrected chi connectivity index (χ0v) is 10.7. The maximum atomic E-state index is 9.99. The van der Waals surface area contributed by atoms with Gasteiger partial charge in [-0.25, -0.2) is 0 Å². The molecule has 0 saturated carbocycles. The maximum Gasteiger partial charge on any atom is 0.142 e. The van der Waals surface area contributed by atoms with E-state index >= 15 is 0 Å². The molecule has 16 heavy (non-hydrogen) atoms. The number of carbonyl (C=O) groups excluding carboxylic acids is 1. The molecular weight excluding hydrogens is 196 g/mol. The molecule has 0 aliphatic rings. The summed E-state index contributed by atoms with van der Waals surface area (Å²) in [6.07, 6.45) is 20.3. The van der Waals surface area contributed by atoms with Gasteiger partial charge in [-0.3, -0.25) is 4.79 Å². The van der Waals surface area contributed by atoms with Crippen LogP contribution in [0, 0.1) is 0 Å². The molecule has 0 heterocycles. The average molecular weight is 222 g/mol. The molecule has 0 fully saturated rings. The average Bonchev–Trinajstić information content (AvgIpc) is 2.31. The Labute approximate surface area is 101 Å². The van der Waals surface area contributed by atoms with Crippen LogP contribution in [-0.2, 0) is 4.79 Å². The lowest BCUT2D eigenvalue weighted by Gasteiger charge is -1.95. The molecule has 0 aliphatic carbocycles. The van der Waals surface area contributed by atoms with Gasteiger partial charge in [0.2, 0.25) is 0 Å². The normalized spacial score (nSPS) is 11.6. The fourth-order valence-corrected chi connectivity index (χ4v) is 1.60. The van der Waals surface area contributed by atoms with Crippen LogP contribution in [0.25, 0.3) is 0 Å². The van der Waals surface area contributed by atoms with Crippen molar-refractivity contribution in [2.75, 3.05) is 0 Å². The topological polar surface area (TPSA) is 17.1 Å². The lowest BCUT2D eigenvalue weighted by Crippen LogP contribution is -1.75. The quantitative estimate of drug-likeness (QED) is 0.212. The number of allylic oxidation sites excluding steroid dienone is 4. The summed E-state index contributed by atoms with van der Waals surface area (Å²) < 4.78 is 0. The minimum Gasteiger partial charge on any atom is -0.299 e. The highest BCUT2D eigenvalue weighted by atomic mass is 16.1. The number of hydrogen-bond donors (Lipinski definition) is 0. The Bertz CT molecular complexity index is 192. The summed E-state index contributed by atoms with van der Waals surface area (Å²) in [5.74, 6) is 0. The van der Waals surface area contributed by atoms with Crippen LogP contribution in [0.2, 0.25) is 0 Å². The van der Waals surface area contributed by atoms with Crippen LogP contribution in [0.3, 0.4) is 0 Å². The lowest BCUT2D eigenvalue weighted by atomic mass is 10.1. The van der Waals surface area contributed by atoms with Gasteiger partial charge in [0.25, 0.3) is 0 Å². The van der Waals surface area contributed by atoms with Gasteiger partial charge in [0.15, 0.2) is 0 Å². The van der Waals surface area contributed by atoms with E-state index in [-0.39, 0.29) is 0 Å². The van der Waals surface area contributed by atoms with E-state index in [9.17, 15) is 4.79 Å². The predicted octanol–water partition coefficient (Wildman–Crippen LogP) is 4.83. The van der Waals surface area contributed by atoms with Crippen molar-refractivity contribution >= 4 is 6.29 Å². The number of unbranched alkanes of at least 4 members (excludes halogenated alkanes) is 7. The lowest BCUT2D eigenvalue weighted by molar-refractivity contribution is -0.104. The van der Waals surface area contributed by atoms with Gasteiger partial charge < -0.3 is 0 Å². The van der Waals surface area contributed by atoms with E-state index in [1.807, 2.05) is 6.08 Å². The molecule has 0 atom stereocenters. The second kappa shape index (κ2) is 14.2. The second-order valence-corrected chi connectivity index (χ2v) is 4.17. The van der Waals surface area contributed by atoms with Gasteiger partial charge in [-0.1, -0.05) is 44.4 Å². The van der Waals surface area contributed by atoms with Gasteiger partial charge in [-0.2, -0.15) is 0 Å². The summed E-state index contributed by atoms with van der Waals surface area (Å²) >= 11 is 0. The van der Waals surface area contributed by atoms with Gasteiger partial charge in [0.1, 0.15) is 6.29 Å². The SMILES string of the molecule is CCCCCC/C=C/CCCC/C=C/C=O. The molecule has 0 spiro atoms. The standard InChI is InChI=1S/C15H26O/c1-2-3-4-5-6-7-8-9-10-11-12-13-14-15-16/h7-8,13-15H,2-6,9-12H2,1H3/b8-7+,14-13+. The molecule has 0 unspecified atom stereocenters. The molecule has 0 rings (SSSR count). The second-order valence-electron chi connectivity index (χ2n) is 4.17. The van der Waals surface area contributed by atoms with Crippen LogP contribution in [0.4, 0.5) is 0 Å². The molecule has 92 valence electrons. The molecule has 0 aromatic carbocycles. The van der Waals surface area contributed by atoms with Crippen LogP contribution < -0.4 is 0 Å². The number of rotatable bonds is 11. The van der Waals surface area contributed by atoms with Crippen LogP contribution in [0.15, 0.2) is 24.3 Å². The zero-order valence-electron chi connectivity index (χ0n) is 10.7. The van der Waals surface area contributed by atoms with Gasteiger partial charge in [0.05, 0.1) is 0 Å². The van der Waals surface area contributed by atoms with Gasteiger partial charge in [-0.15, -0.1) is 0 Å². The van der Waals surface area contributed by atoms with Crippen molar-refractivity contribution < 1.29 is 4.79 Å². The maximum absolute atomic E-state index is 9.99. The molecule has 0 aliphatic heterocycles. The summed E-state index contributed by atoms with van der Waals surface area (Å²) in [7, 11) is 0. The smallest absolute Gasteiger partial charge is 0.142 e. The number of carbonyl (C=O) groups is 1. The highest BCUT2D eigenvalue weighted by Gasteiger charge is 1.85. The van der Waals surface area contributed by atoms with E-state index in [1.54, 1.807) is 6.08 Å². The Morgan fingerprint density at radius 3 is 1.88 bits per heavy atom. The third-order valence-electron chi connectivity index (χ3n) is 2.60. The van der Waals surface area contributed by atoms with Gasteiger partial charge in [0, 0.05) is 0 Å². The molecule has 1 heteroatoms. The molecule has 0 amide bonds. The molecule has 0 radical (unpaired) electrons. The Morgan fingerprint density at radius 2 is 1.31 bits per heavy atom. The summed E-state index contributed by atoms with van der Waals surface area (Å²) in [5.41, 5.74) is 0. The fraction of sp³-hybridized carbons (Fsp3) is 0.667. The minimum atomic E-state index is 0.843. The van der Waals surface area contributed by atoms with Gasteiger partial charge >= 0.3 is 0 Å². The summed E-state index contributed by atoms with van der Waals surface area (Å²) in [6.45, 7) is 2.24. The van der Waals surface area contributed by atoms with E-state index in [2.05, 4.69) is 19.1 Å². The van der Waals surface area contributed by atoms with Crippen molar-refractivity contribution in [1.29, 1.82) is 0 Å². The number of aldehydes is 1. The Morgan fingerprint density at radius 1 is 0.750 bits per heavy atom. The largest absolute Gasteiger partial charge is 0.299 e. The molecule has 1 nitrogen and oxygen atoms in total. The molecule has 0 N–H and O–H groups in total. The van der Waals surface area contributed by atoms with E-state index in [1.165, 1.54) is 51.4 Å². The Hall–Kier alpha value is -0.850. The van der Waals surface area contributed by atoms with Crippen molar-refractivity contribution in [2.24, 2.45) is 0 Å². The summed E-state index contributed by atoms with van der Waals surface area (Å²) in [6, 6.07) is 0. The monoisotopic (exact) mass is 222 g/mol. The minimum absolute atomic E-state index is 0.843. The van der Waals surface area contributed by atoms with Crippen molar-refractivity contribution in [3.63, 3.8) is 0 Å². The first-order valence-corrected chi connectivity index (χ1v) is 6.67. The van der Waals surface area contributed by atoms with Crippen LogP contribution in [0.1, 0.15) is 64.7 Å². The van der Waals surface area contributed by atoms with Crippen LogP contribution >= 0.6 is 0 Å². The van der Waals surface area contributed by atoms with Crippen molar-refractivity contribution in [2.45, 2.75) is 64.7 Å². The van der Waals surface area contributed by atoms with Crippen LogP contribution in [0.5, 0.6) is 0 Å². The van der Waals surface area contributed by atoms with Gasteiger partial charge in [-0.05, 0) is 44.6 Å². The third kappa shape index (κ3) is 13.2. The Kier molecular flexibility index (Phi) is 13.4. The molecule has 0 saturated heterocycles. The highest BCUT2D eigenvalue weighted by molar-refractivity contribution is 5.64. The highest BCUT2D eigenvalue weighted by Crippen LogP contribution is 2.05. The van der Waals surface area contributed by atoms with Crippen molar-refractivity contribution in [1.82, 2.24) is 0 Å². The first kappa shape index (κ1) is 15.2. The first-order chi connectivity index (χ1) is 7.91. The predicted molar refractivity (Wildman–Crippen MR) is 71.6 cm³/mol. The molecule has 0 bridgehead atoms. The molecule has 0 aromatic heterocycles. The van der Waals surface area contributed by atoms with E-state index < -0.39 is 0 Å². The Balaban J connectivity index is 3.09. The number of hydrogen-bond acceptors (Lipinski definition) is 1. The van der Waals surface area contributed by atoms with Crippen LogP contribution in [-0.4, -0.2) is 6.29 Å². The summed E-state index contributed by atoms with van der Waals surface area (Å²) in [4.78, 5) is 9.99. The van der Waals surface area contributed by atoms with Crippen molar-refractivity contribution in [3.8, 4) is 0 Å². The van der Waals surface area contributed by atoms with E-state index in [0.717, 1.165) is 12.7 Å². The fourth-order valence-electron chi connectivity index (χ4n) is 1.60. The third-order valence-corrected chi connectivity index (χ3v) is 2.60. The van der Waals surface area contributed by atoms with E-state index in [4.69, 9.17) is 0 Å². The molecular formula is C15H26O. The first-order valence-electron chi connectivity index (χ1n) is 6.67. The summed E-state index contributed by atoms with van der Waals surface area (Å²) in [5, 5.41) is 0. The zero-order chi connectivity index (χ0) is 11.9.